The molecule has 2 aromatic carbocycles. The van der Waals surface area contributed by atoms with E-state index < -0.39 is 16.1 Å². The predicted molar refractivity (Wildman–Crippen MR) is 105 cm³/mol. The maximum absolute atomic E-state index is 12.6. The van der Waals surface area contributed by atoms with Crippen molar-refractivity contribution in [3.05, 3.63) is 60.2 Å². The van der Waals surface area contributed by atoms with Gasteiger partial charge in [-0.1, -0.05) is 30.3 Å². The highest BCUT2D eigenvalue weighted by atomic mass is 32.2. The van der Waals surface area contributed by atoms with Gasteiger partial charge >= 0.3 is 0 Å². The molecule has 0 fully saturated rings. The minimum Gasteiger partial charge on any atom is -0.481 e. The standard InChI is InChI=1S/C20H26N2O4S/c1-14(2)21-20(23)16(4)26-18-10-12-19(13-11-18)27(24,25)22-15(3)17-8-6-5-7-9-17/h5-16,22H,1-4H3,(H,21,23)/t15-,16-/m0/s1. The van der Waals surface area contributed by atoms with E-state index >= 15 is 0 Å². The van der Waals surface area contributed by atoms with Gasteiger partial charge in [0.2, 0.25) is 10.0 Å². The molecule has 7 heteroatoms. The van der Waals surface area contributed by atoms with E-state index in [0.29, 0.717) is 5.75 Å². The molecule has 0 aliphatic rings. The van der Waals surface area contributed by atoms with Crippen LogP contribution in [0.5, 0.6) is 5.75 Å². The molecule has 0 unspecified atom stereocenters. The fraction of sp³-hybridized carbons (Fsp3) is 0.350. The summed E-state index contributed by atoms with van der Waals surface area (Å²) < 4.78 is 33.3. The van der Waals surface area contributed by atoms with Crippen LogP contribution in [-0.2, 0) is 14.8 Å². The van der Waals surface area contributed by atoms with Gasteiger partial charge in [-0.2, -0.15) is 0 Å². The average molecular weight is 391 g/mol. The topological polar surface area (TPSA) is 84.5 Å². The minimum absolute atomic E-state index is 0.0220. The van der Waals surface area contributed by atoms with Gasteiger partial charge in [-0.25, -0.2) is 13.1 Å². The number of hydrogen-bond acceptors (Lipinski definition) is 4. The Kier molecular flexibility index (Phi) is 6.98. The summed E-state index contributed by atoms with van der Waals surface area (Å²) in [6.45, 7) is 7.17. The van der Waals surface area contributed by atoms with Gasteiger partial charge in [-0.05, 0) is 57.5 Å². The van der Waals surface area contributed by atoms with Gasteiger partial charge in [0.15, 0.2) is 6.10 Å². The molecule has 27 heavy (non-hydrogen) atoms. The predicted octanol–water partition coefficient (Wildman–Crippen LogP) is 3.02. The van der Waals surface area contributed by atoms with Crippen molar-refractivity contribution in [1.29, 1.82) is 0 Å². The second-order valence-electron chi connectivity index (χ2n) is 6.65. The van der Waals surface area contributed by atoms with Gasteiger partial charge in [-0.15, -0.1) is 0 Å². The first kappa shape index (κ1) is 20.9. The van der Waals surface area contributed by atoms with Crippen LogP contribution in [0.25, 0.3) is 0 Å². The summed E-state index contributed by atoms with van der Waals surface area (Å²) >= 11 is 0. The van der Waals surface area contributed by atoms with E-state index in [1.807, 2.05) is 44.2 Å². The number of hydrogen-bond donors (Lipinski definition) is 2. The summed E-state index contributed by atoms with van der Waals surface area (Å²) in [5.41, 5.74) is 0.881. The van der Waals surface area contributed by atoms with E-state index in [9.17, 15) is 13.2 Å². The third-order valence-corrected chi connectivity index (χ3v) is 5.44. The Morgan fingerprint density at radius 2 is 1.52 bits per heavy atom. The lowest BCUT2D eigenvalue weighted by atomic mass is 10.1. The normalized spacial score (nSPS) is 13.8. The van der Waals surface area contributed by atoms with Gasteiger partial charge in [0.25, 0.3) is 5.91 Å². The summed E-state index contributed by atoms with van der Waals surface area (Å²) in [5.74, 6) is 0.205. The third kappa shape index (κ3) is 6.08. The molecule has 0 aromatic heterocycles. The SMILES string of the molecule is CC(C)NC(=O)[C@H](C)Oc1ccc(S(=O)(=O)N[C@@H](C)c2ccccc2)cc1. The fourth-order valence-electron chi connectivity index (χ4n) is 2.47. The van der Waals surface area contributed by atoms with Crippen molar-refractivity contribution in [2.75, 3.05) is 0 Å². The van der Waals surface area contributed by atoms with Crippen LogP contribution in [0.15, 0.2) is 59.5 Å². The number of nitrogens with one attached hydrogen (secondary N) is 2. The van der Waals surface area contributed by atoms with Gasteiger partial charge < -0.3 is 10.1 Å². The third-order valence-electron chi connectivity index (χ3n) is 3.88. The number of amides is 1. The maximum Gasteiger partial charge on any atom is 0.260 e. The molecule has 0 radical (unpaired) electrons. The number of sulfonamides is 1. The first-order chi connectivity index (χ1) is 12.7. The Bertz CT molecular complexity index is 849. The lowest BCUT2D eigenvalue weighted by molar-refractivity contribution is -0.127. The van der Waals surface area contributed by atoms with E-state index in [0.717, 1.165) is 5.56 Å². The van der Waals surface area contributed by atoms with Crippen LogP contribution < -0.4 is 14.8 Å². The van der Waals surface area contributed by atoms with Crippen molar-refractivity contribution in [3.63, 3.8) is 0 Å². The van der Waals surface area contributed by atoms with Crippen molar-refractivity contribution < 1.29 is 17.9 Å². The smallest absolute Gasteiger partial charge is 0.260 e. The van der Waals surface area contributed by atoms with Crippen LogP contribution in [0.3, 0.4) is 0 Å². The van der Waals surface area contributed by atoms with Crippen LogP contribution in [-0.4, -0.2) is 26.5 Å². The van der Waals surface area contributed by atoms with Crippen LogP contribution >= 0.6 is 0 Å². The monoisotopic (exact) mass is 390 g/mol. The lowest BCUT2D eigenvalue weighted by Crippen LogP contribution is -2.40. The maximum atomic E-state index is 12.6. The van der Waals surface area contributed by atoms with E-state index in [-0.39, 0.29) is 22.9 Å². The Balaban J connectivity index is 2.04. The van der Waals surface area contributed by atoms with Crippen molar-refractivity contribution in [2.45, 2.75) is 50.8 Å². The molecular weight excluding hydrogens is 364 g/mol. The summed E-state index contributed by atoms with van der Waals surface area (Å²) in [7, 11) is -3.67. The average Bonchev–Trinajstić information content (AvgIpc) is 2.62. The van der Waals surface area contributed by atoms with Gasteiger partial charge in [0.1, 0.15) is 5.75 Å². The van der Waals surface area contributed by atoms with E-state index in [2.05, 4.69) is 10.0 Å². The van der Waals surface area contributed by atoms with Crippen molar-refractivity contribution >= 4 is 15.9 Å². The van der Waals surface area contributed by atoms with Crippen LogP contribution in [0.4, 0.5) is 0 Å². The molecule has 6 nitrogen and oxygen atoms in total. The highest BCUT2D eigenvalue weighted by Crippen LogP contribution is 2.20. The van der Waals surface area contributed by atoms with Crippen LogP contribution in [0, 0.1) is 0 Å². The zero-order chi connectivity index (χ0) is 20.0. The zero-order valence-electron chi connectivity index (χ0n) is 16.0. The highest BCUT2D eigenvalue weighted by Gasteiger charge is 2.19. The molecule has 2 N–H and O–H groups in total. The summed E-state index contributed by atoms with van der Waals surface area (Å²) in [5, 5.41) is 2.77. The Morgan fingerprint density at radius 3 is 2.07 bits per heavy atom. The largest absolute Gasteiger partial charge is 0.481 e. The Morgan fingerprint density at radius 1 is 0.926 bits per heavy atom. The summed E-state index contributed by atoms with van der Waals surface area (Å²) in [6.07, 6.45) is -0.675. The van der Waals surface area contributed by atoms with E-state index in [1.165, 1.54) is 12.1 Å². The molecule has 2 rings (SSSR count). The number of carbonyl (C=O) groups excluding carboxylic acids is 1. The molecule has 0 aliphatic carbocycles. The zero-order valence-corrected chi connectivity index (χ0v) is 16.8. The van der Waals surface area contributed by atoms with Crippen molar-refractivity contribution in [3.8, 4) is 5.75 Å². The van der Waals surface area contributed by atoms with Crippen LogP contribution in [0.1, 0.15) is 39.3 Å². The number of rotatable bonds is 8. The summed E-state index contributed by atoms with van der Waals surface area (Å²) in [6, 6.07) is 15.0. The number of benzene rings is 2. The van der Waals surface area contributed by atoms with Crippen molar-refractivity contribution in [2.24, 2.45) is 0 Å². The molecule has 2 atom stereocenters. The minimum atomic E-state index is -3.67. The first-order valence-electron chi connectivity index (χ1n) is 8.83. The quantitative estimate of drug-likeness (QED) is 0.726. The highest BCUT2D eigenvalue weighted by molar-refractivity contribution is 7.89. The molecule has 2 aromatic rings. The Hall–Kier alpha value is -2.38. The number of ether oxygens (including phenoxy) is 1. The molecule has 0 spiro atoms. The molecular formula is C20H26N2O4S. The molecule has 0 saturated carbocycles. The van der Waals surface area contributed by atoms with Gasteiger partial charge in [0, 0.05) is 12.1 Å². The van der Waals surface area contributed by atoms with Gasteiger partial charge in [-0.3, -0.25) is 4.79 Å². The fourth-order valence-corrected chi connectivity index (χ4v) is 3.70. The lowest BCUT2D eigenvalue weighted by Gasteiger charge is -2.17. The van der Waals surface area contributed by atoms with E-state index in [1.54, 1.807) is 26.0 Å². The molecule has 146 valence electrons. The second kappa shape index (κ2) is 9.01. The van der Waals surface area contributed by atoms with Crippen LogP contribution in [0.2, 0.25) is 0 Å². The first-order valence-corrected chi connectivity index (χ1v) is 10.3. The second-order valence-corrected chi connectivity index (χ2v) is 8.36. The Labute approximate surface area is 161 Å². The van der Waals surface area contributed by atoms with E-state index in [4.69, 9.17) is 4.74 Å². The molecule has 0 aliphatic heterocycles. The molecule has 0 heterocycles. The van der Waals surface area contributed by atoms with Crippen molar-refractivity contribution in [1.82, 2.24) is 10.0 Å². The summed E-state index contributed by atoms with van der Waals surface area (Å²) in [4.78, 5) is 12.0. The molecule has 0 saturated heterocycles. The molecule has 1 amide bonds. The molecule has 0 bridgehead atoms. The number of carbonyl (C=O) groups is 1. The van der Waals surface area contributed by atoms with Gasteiger partial charge in [0.05, 0.1) is 4.90 Å².